The molecule has 1 aromatic heterocycles. The van der Waals surface area contributed by atoms with E-state index in [0.717, 1.165) is 23.2 Å². The molecule has 0 bridgehead atoms. The number of amides is 1. The molecular weight excluding hydrogens is 314 g/mol. The van der Waals surface area contributed by atoms with Gasteiger partial charge in [0.05, 0.1) is 11.9 Å². The van der Waals surface area contributed by atoms with Gasteiger partial charge in [-0.1, -0.05) is 36.4 Å². The van der Waals surface area contributed by atoms with Crippen LogP contribution in [0, 0.1) is 0 Å². The van der Waals surface area contributed by atoms with Crippen molar-refractivity contribution in [2.75, 3.05) is 6.54 Å². The molecule has 1 heterocycles. The Morgan fingerprint density at radius 1 is 1.04 bits per heavy atom. The number of carbonyl (C=O) groups is 1. The van der Waals surface area contributed by atoms with Crippen LogP contribution < -0.4 is 5.32 Å². The Hall–Kier alpha value is -3.08. The van der Waals surface area contributed by atoms with Crippen molar-refractivity contribution in [1.29, 1.82) is 0 Å². The Morgan fingerprint density at radius 2 is 1.80 bits per heavy atom. The molecule has 0 unspecified atom stereocenters. The highest BCUT2D eigenvalue weighted by Gasteiger charge is 2.06. The second kappa shape index (κ2) is 8.15. The van der Waals surface area contributed by atoms with Gasteiger partial charge in [-0.25, -0.2) is 4.68 Å². The first-order chi connectivity index (χ1) is 12.2. The van der Waals surface area contributed by atoms with Crippen LogP contribution in [-0.4, -0.2) is 27.3 Å². The number of carbonyl (C=O) groups excluding carboxylic acids is 1. The third-order valence-corrected chi connectivity index (χ3v) is 4.01. The SMILES string of the molecule is O=C(CCc1ccccc1O)NCCc1cnn(-c2ccccc2)c1. The molecule has 0 saturated carbocycles. The van der Waals surface area contributed by atoms with Crippen molar-refractivity contribution >= 4 is 5.91 Å². The minimum atomic E-state index is -0.0151. The first-order valence-electron chi connectivity index (χ1n) is 8.35. The summed E-state index contributed by atoms with van der Waals surface area (Å²) >= 11 is 0. The highest BCUT2D eigenvalue weighted by molar-refractivity contribution is 5.76. The number of aromatic nitrogens is 2. The molecule has 2 N–H and O–H groups in total. The topological polar surface area (TPSA) is 67.2 Å². The Labute approximate surface area is 146 Å². The maximum Gasteiger partial charge on any atom is 0.220 e. The minimum absolute atomic E-state index is 0.0151. The standard InChI is InChI=1S/C20H21N3O2/c24-19-9-5-4-6-17(19)10-11-20(25)21-13-12-16-14-22-23(15-16)18-7-2-1-3-8-18/h1-9,14-15,24H,10-13H2,(H,21,25). The molecule has 0 aliphatic heterocycles. The van der Waals surface area contributed by atoms with Gasteiger partial charge in [0.1, 0.15) is 5.75 Å². The van der Waals surface area contributed by atoms with Gasteiger partial charge in [-0.2, -0.15) is 5.10 Å². The van der Waals surface area contributed by atoms with Gasteiger partial charge in [0, 0.05) is 19.2 Å². The molecule has 0 aliphatic rings. The minimum Gasteiger partial charge on any atom is -0.508 e. The van der Waals surface area contributed by atoms with Gasteiger partial charge < -0.3 is 10.4 Å². The molecule has 0 spiro atoms. The summed E-state index contributed by atoms with van der Waals surface area (Å²) in [6, 6.07) is 17.0. The highest BCUT2D eigenvalue weighted by atomic mass is 16.3. The van der Waals surface area contributed by atoms with E-state index < -0.39 is 0 Å². The van der Waals surface area contributed by atoms with Crippen LogP contribution in [0.5, 0.6) is 5.75 Å². The van der Waals surface area contributed by atoms with Crippen molar-refractivity contribution in [3.05, 3.63) is 78.1 Å². The number of hydrogen-bond acceptors (Lipinski definition) is 3. The molecule has 3 rings (SSSR count). The number of para-hydroxylation sites is 2. The van der Waals surface area contributed by atoms with Crippen molar-refractivity contribution in [2.24, 2.45) is 0 Å². The van der Waals surface area contributed by atoms with Crippen molar-refractivity contribution < 1.29 is 9.90 Å². The van der Waals surface area contributed by atoms with Gasteiger partial charge in [0.25, 0.3) is 0 Å². The fourth-order valence-corrected chi connectivity index (χ4v) is 2.62. The van der Waals surface area contributed by atoms with E-state index in [1.54, 1.807) is 12.1 Å². The predicted molar refractivity (Wildman–Crippen MR) is 96.7 cm³/mol. The molecule has 0 saturated heterocycles. The summed E-state index contributed by atoms with van der Waals surface area (Å²) in [6.45, 7) is 0.570. The molecule has 128 valence electrons. The van der Waals surface area contributed by atoms with Gasteiger partial charge in [0.2, 0.25) is 5.91 Å². The molecule has 25 heavy (non-hydrogen) atoms. The Morgan fingerprint density at radius 3 is 2.60 bits per heavy atom. The second-order valence-corrected chi connectivity index (χ2v) is 5.86. The van der Waals surface area contributed by atoms with Gasteiger partial charge in [-0.3, -0.25) is 4.79 Å². The van der Waals surface area contributed by atoms with Crippen LogP contribution in [0.4, 0.5) is 0 Å². The zero-order valence-electron chi connectivity index (χ0n) is 13.9. The van der Waals surface area contributed by atoms with E-state index >= 15 is 0 Å². The molecule has 5 heteroatoms. The molecular formula is C20H21N3O2. The molecule has 0 atom stereocenters. The summed E-state index contributed by atoms with van der Waals surface area (Å²) < 4.78 is 1.83. The lowest BCUT2D eigenvalue weighted by Crippen LogP contribution is -2.25. The lowest BCUT2D eigenvalue weighted by molar-refractivity contribution is -0.121. The van der Waals surface area contributed by atoms with Gasteiger partial charge >= 0.3 is 0 Å². The van der Waals surface area contributed by atoms with Crippen molar-refractivity contribution in [1.82, 2.24) is 15.1 Å². The zero-order chi connectivity index (χ0) is 17.5. The zero-order valence-corrected chi connectivity index (χ0v) is 13.9. The quantitative estimate of drug-likeness (QED) is 0.698. The Balaban J connectivity index is 1.43. The van der Waals surface area contributed by atoms with E-state index in [9.17, 15) is 9.90 Å². The largest absolute Gasteiger partial charge is 0.508 e. The summed E-state index contributed by atoms with van der Waals surface area (Å²) in [5.41, 5.74) is 2.88. The normalized spacial score (nSPS) is 10.6. The van der Waals surface area contributed by atoms with E-state index in [1.165, 1.54) is 0 Å². The maximum absolute atomic E-state index is 11.9. The number of aryl methyl sites for hydroxylation is 1. The lowest BCUT2D eigenvalue weighted by atomic mass is 10.1. The monoisotopic (exact) mass is 335 g/mol. The third-order valence-electron chi connectivity index (χ3n) is 4.01. The summed E-state index contributed by atoms with van der Waals surface area (Å²) in [6.07, 6.45) is 5.42. The number of nitrogens with zero attached hydrogens (tertiary/aromatic N) is 2. The van der Waals surface area contributed by atoms with E-state index in [0.29, 0.717) is 19.4 Å². The first-order valence-corrected chi connectivity index (χ1v) is 8.35. The van der Waals surface area contributed by atoms with Gasteiger partial charge in [-0.05, 0) is 42.2 Å². The number of nitrogens with one attached hydrogen (secondary N) is 1. The fourth-order valence-electron chi connectivity index (χ4n) is 2.62. The summed E-state index contributed by atoms with van der Waals surface area (Å²) in [5, 5.41) is 17.0. The molecule has 3 aromatic rings. The Bertz CT molecular complexity index is 828. The van der Waals surface area contributed by atoms with Crippen LogP contribution in [-0.2, 0) is 17.6 Å². The smallest absolute Gasteiger partial charge is 0.220 e. The predicted octanol–water partition coefficient (Wildman–Crippen LogP) is 2.87. The van der Waals surface area contributed by atoms with Crippen LogP contribution in [0.15, 0.2) is 67.0 Å². The van der Waals surface area contributed by atoms with E-state index in [1.807, 2.05) is 59.5 Å². The van der Waals surface area contributed by atoms with E-state index in [2.05, 4.69) is 10.4 Å². The number of hydrogen-bond donors (Lipinski definition) is 2. The lowest BCUT2D eigenvalue weighted by Gasteiger charge is -2.06. The van der Waals surface area contributed by atoms with E-state index in [-0.39, 0.29) is 11.7 Å². The third kappa shape index (κ3) is 4.70. The van der Waals surface area contributed by atoms with Crippen LogP contribution in [0.2, 0.25) is 0 Å². The first kappa shape index (κ1) is 16.8. The Kier molecular flexibility index (Phi) is 5.46. The van der Waals surface area contributed by atoms with Crippen LogP contribution in [0.3, 0.4) is 0 Å². The molecule has 2 aromatic carbocycles. The average molecular weight is 335 g/mol. The number of aromatic hydroxyl groups is 1. The molecule has 0 fully saturated rings. The van der Waals surface area contributed by atoms with Gasteiger partial charge in [0.15, 0.2) is 0 Å². The molecule has 5 nitrogen and oxygen atoms in total. The van der Waals surface area contributed by atoms with E-state index in [4.69, 9.17) is 0 Å². The summed E-state index contributed by atoms with van der Waals surface area (Å²) in [4.78, 5) is 11.9. The molecule has 0 aliphatic carbocycles. The van der Waals surface area contributed by atoms with Gasteiger partial charge in [-0.15, -0.1) is 0 Å². The highest BCUT2D eigenvalue weighted by Crippen LogP contribution is 2.17. The molecule has 1 amide bonds. The summed E-state index contributed by atoms with van der Waals surface area (Å²) in [5.74, 6) is 0.224. The maximum atomic E-state index is 11.9. The summed E-state index contributed by atoms with van der Waals surface area (Å²) in [7, 11) is 0. The van der Waals surface area contributed by atoms with Crippen molar-refractivity contribution in [3.8, 4) is 11.4 Å². The second-order valence-electron chi connectivity index (χ2n) is 5.86. The van der Waals surface area contributed by atoms with Crippen LogP contribution in [0.25, 0.3) is 5.69 Å². The van der Waals surface area contributed by atoms with Crippen LogP contribution in [0.1, 0.15) is 17.5 Å². The average Bonchev–Trinajstić information content (AvgIpc) is 3.11. The number of phenols is 1. The van der Waals surface area contributed by atoms with Crippen molar-refractivity contribution in [2.45, 2.75) is 19.3 Å². The molecule has 0 radical (unpaired) electrons. The number of benzene rings is 2. The number of rotatable bonds is 7. The van der Waals surface area contributed by atoms with Crippen LogP contribution >= 0.6 is 0 Å². The van der Waals surface area contributed by atoms with Crippen molar-refractivity contribution in [3.63, 3.8) is 0 Å². The fraction of sp³-hybridized carbons (Fsp3) is 0.200. The number of phenolic OH excluding ortho intramolecular Hbond substituents is 1.